The van der Waals surface area contributed by atoms with Crippen LogP contribution >= 0.6 is 0 Å². The number of hydrogen-bond acceptors (Lipinski definition) is 10. The average molecular weight is 439 g/mol. The molecule has 0 radical (unpaired) electrons. The van der Waals surface area contributed by atoms with Gasteiger partial charge in [-0.25, -0.2) is 10.1 Å². The van der Waals surface area contributed by atoms with E-state index >= 15 is 0 Å². The molecule has 1 amide bonds. The number of rotatable bonds is 7. The van der Waals surface area contributed by atoms with Crippen molar-refractivity contribution in [2.75, 3.05) is 32.0 Å². The van der Waals surface area contributed by atoms with Gasteiger partial charge in [-0.3, -0.25) is 9.69 Å². The maximum Gasteiger partial charge on any atom is 0.292 e. The Balaban J connectivity index is 1.54. The van der Waals surface area contributed by atoms with Gasteiger partial charge in [-0.15, -0.1) is 5.10 Å². The highest BCUT2D eigenvalue weighted by Crippen LogP contribution is 2.18. The quantitative estimate of drug-likeness (QED) is 0.405. The summed E-state index contributed by atoms with van der Waals surface area (Å²) in [5.74, 6) is 0.0206. The zero-order valence-electron chi connectivity index (χ0n) is 17.9. The van der Waals surface area contributed by atoms with Crippen LogP contribution in [0.3, 0.4) is 0 Å². The minimum absolute atomic E-state index is 0.00406. The maximum atomic E-state index is 13.0. The van der Waals surface area contributed by atoms with E-state index in [9.17, 15) is 4.79 Å². The summed E-state index contributed by atoms with van der Waals surface area (Å²) in [5.41, 5.74) is 11.0. The number of hydrogen-bond donors (Lipinski definition) is 2. The van der Waals surface area contributed by atoms with Crippen molar-refractivity contribution in [1.82, 2.24) is 35.6 Å². The lowest BCUT2D eigenvalue weighted by molar-refractivity contribution is 0.0335. The normalized spacial score (nSPS) is 15.0. The van der Waals surface area contributed by atoms with E-state index in [1.54, 1.807) is 6.21 Å². The van der Waals surface area contributed by atoms with Gasteiger partial charge in [0.15, 0.2) is 5.69 Å². The number of nitrogens with zero attached hydrogens (tertiary/aromatic N) is 7. The van der Waals surface area contributed by atoms with Crippen LogP contribution in [-0.2, 0) is 11.3 Å². The predicted octanol–water partition coefficient (Wildman–Crippen LogP) is 0.952. The fraction of sp³-hybridized carbons (Fsp3) is 0.400. The zero-order chi connectivity index (χ0) is 22.5. The number of nitrogen functional groups attached to an aromatic ring is 1. The summed E-state index contributed by atoms with van der Waals surface area (Å²) in [4.78, 5) is 15.2. The monoisotopic (exact) mass is 439 g/mol. The van der Waals surface area contributed by atoms with E-state index in [0.717, 1.165) is 18.7 Å². The minimum atomic E-state index is -0.504. The first-order valence-corrected chi connectivity index (χ1v) is 10.3. The molecule has 168 valence electrons. The number of anilines is 1. The topological polar surface area (TPSA) is 150 Å². The summed E-state index contributed by atoms with van der Waals surface area (Å²) in [7, 11) is 0. The molecule has 4 rings (SSSR count). The summed E-state index contributed by atoms with van der Waals surface area (Å²) in [6.07, 6.45) is 1.57. The number of morpholine rings is 1. The van der Waals surface area contributed by atoms with Crippen molar-refractivity contribution in [3.8, 4) is 5.82 Å². The molecule has 1 saturated heterocycles. The number of amides is 1. The molecular weight excluding hydrogens is 414 g/mol. The second kappa shape index (κ2) is 9.66. The molecule has 3 heterocycles. The molecule has 1 aliphatic heterocycles. The van der Waals surface area contributed by atoms with Gasteiger partial charge in [-0.1, -0.05) is 43.3 Å². The zero-order valence-corrected chi connectivity index (χ0v) is 17.9. The van der Waals surface area contributed by atoms with Crippen molar-refractivity contribution in [2.24, 2.45) is 5.10 Å². The first-order chi connectivity index (χ1) is 15.5. The third-order valence-electron chi connectivity index (χ3n) is 5.11. The Morgan fingerprint density at radius 3 is 2.66 bits per heavy atom. The summed E-state index contributed by atoms with van der Waals surface area (Å²) in [6.45, 7) is 7.37. The van der Waals surface area contributed by atoms with Gasteiger partial charge in [-0.05, 0) is 27.4 Å². The number of nitrogens with two attached hydrogens (primary N) is 1. The van der Waals surface area contributed by atoms with Crippen LogP contribution in [0.2, 0.25) is 0 Å². The van der Waals surface area contributed by atoms with Crippen molar-refractivity contribution in [3.63, 3.8) is 0 Å². The molecule has 3 N–H and O–H groups in total. The molecule has 0 saturated carbocycles. The van der Waals surface area contributed by atoms with E-state index in [-0.39, 0.29) is 17.3 Å². The molecule has 0 atom stereocenters. The number of aromatic nitrogens is 5. The molecule has 2 aromatic heterocycles. The van der Waals surface area contributed by atoms with Crippen LogP contribution in [0.4, 0.5) is 5.82 Å². The lowest BCUT2D eigenvalue weighted by Gasteiger charge is -2.25. The molecule has 0 unspecified atom stereocenters. The maximum absolute atomic E-state index is 13.0. The molecule has 12 nitrogen and oxygen atoms in total. The van der Waals surface area contributed by atoms with Crippen LogP contribution in [-0.4, -0.2) is 68.6 Å². The highest BCUT2D eigenvalue weighted by molar-refractivity contribution is 5.95. The van der Waals surface area contributed by atoms with Gasteiger partial charge in [0, 0.05) is 19.6 Å². The molecule has 0 spiro atoms. The molecule has 1 fully saturated rings. The SMILES string of the molecule is CC(C)c1ccc(/C=N/NC(=O)c2c(CN3CCOCC3)nnn2-c2nonc2N)cc1. The van der Waals surface area contributed by atoms with Gasteiger partial charge < -0.3 is 10.5 Å². The largest absolute Gasteiger partial charge is 0.379 e. The highest BCUT2D eigenvalue weighted by atomic mass is 16.6. The number of nitrogens with one attached hydrogen (secondary N) is 1. The number of hydrazone groups is 1. The van der Waals surface area contributed by atoms with Crippen LogP contribution in [0.25, 0.3) is 5.82 Å². The Hall–Kier alpha value is -3.64. The fourth-order valence-corrected chi connectivity index (χ4v) is 3.29. The Morgan fingerprint density at radius 1 is 1.25 bits per heavy atom. The van der Waals surface area contributed by atoms with E-state index in [1.165, 1.54) is 10.2 Å². The number of ether oxygens (including phenoxy) is 1. The molecule has 1 aromatic carbocycles. The summed E-state index contributed by atoms with van der Waals surface area (Å²) >= 11 is 0. The van der Waals surface area contributed by atoms with Crippen molar-refractivity contribution in [2.45, 2.75) is 26.3 Å². The Kier molecular flexibility index (Phi) is 6.52. The fourth-order valence-electron chi connectivity index (χ4n) is 3.29. The smallest absolute Gasteiger partial charge is 0.292 e. The van der Waals surface area contributed by atoms with Gasteiger partial charge >= 0.3 is 0 Å². The predicted molar refractivity (Wildman–Crippen MR) is 115 cm³/mol. The first kappa shape index (κ1) is 21.6. The average Bonchev–Trinajstić information content (AvgIpc) is 3.40. The van der Waals surface area contributed by atoms with Crippen LogP contribution in [0, 0.1) is 0 Å². The van der Waals surface area contributed by atoms with E-state index < -0.39 is 5.91 Å². The van der Waals surface area contributed by atoms with Crippen molar-refractivity contribution in [1.29, 1.82) is 0 Å². The molecule has 1 aliphatic rings. The number of carbonyl (C=O) groups excluding carboxylic acids is 1. The van der Waals surface area contributed by atoms with E-state index in [0.29, 0.717) is 31.4 Å². The van der Waals surface area contributed by atoms with Crippen LogP contribution in [0.15, 0.2) is 34.0 Å². The lowest BCUT2D eigenvalue weighted by Crippen LogP contribution is -2.36. The minimum Gasteiger partial charge on any atom is -0.379 e. The third-order valence-corrected chi connectivity index (χ3v) is 5.11. The van der Waals surface area contributed by atoms with Crippen molar-refractivity contribution in [3.05, 3.63) is 46.8 Å². The Bertz CT molecular complexity index is 1080. The molecular formula is C20H25N9O3. The Morgan fingerprint density at radius 2 is 2.00 bits per heavy atom. The summed E-state index contributed by atoms with van der Waals surface area (Å²) < 4.78 is 11.3. The van der Waals surface area contributed by atoms with Crippen molar-refractivity contribution >= 4 is 17.9 Å². The van der Waals surface area contributed by atoms with Gasteiger partial charge in [0.2, 0.25) is 11.6 Å². The Labute approximate surface area is 184 Å². The van der Waals surface area contributed by atoms with E-state index in [2.05, 4.69) is 54.5 Å². The van der Waals surface area contributed by atoms with Gasteiger partial charge in [-0.2, -0.15) is 9.78 Å². The summed E-state index contributed by atoms with van der Waals surface area (Å²) in [5, 5.41) is 19.6. The van der Waals surface area contributed by atoms with E-state index in [1.807, 2.05) is 24.3 Å². The molecule has 32 heavy (non-hydrogen) atoms. The number of carbonyl (C=O) groups is 1. The highest BCUT2D eigenvalue weighted by Gasteiger charge is 2.26. The van der Waals surface area contributed by atoms with Gasteiger partial charge in [0.05, 0.1) is 19.4 Å². The van der Waals surface area contributed by atoms with Crippen LogP contribution < -0.4 is 11.2 Å². The van der Waals surface area contributed by atoms with Crippen LogP contribution in [0.5, 0.6) is 0 Å². The first-order valence-electron chi connectivity index (χ1n) is 10.3. The molecule has 3 aromatic rings. The lowest BCUT2D eigenvalue weighted by atomic mass is 10.0. The van der Waals surface area contributed by atoms with Crippen LogP contribution in [0.1, 0.15) is 47.1 Å². The second-order valence-electron chi connectivity index (χ2n) is 7.68. The number of benzene rings is 1. The third kappa shape index (κ3) is 4.81. The van der Waals surface area contributed by atoms with Gasteiger partial charge in [0.25, 0.3) is 5.91 Å². The molecule has 0 bridgehead atoms. The van der Waals surface area contributed by atoms with Gasteiger partial charge in [0.1, 0.15) is 5.69 Å². The standard InChI is InChI=1S/C20H25N9O3/c1-13(2)15-5-3-14(4-6-15)11-22-24-20(30)17-16(12-28-7-9-31-10-8-28)23-27-29(17)19-18(21)25-32-26-19/h3-6,11,13H,7-10,12H2,1-2H3,(H2,21,25)(H,24,30)/b22-11+. The van der Waals surface area contributed by atoms with Crippen molar-refractivity contribution < 1.29 is 14.2 Å². The van der Waals surface area contributed by atoms with E-state index in [4.69, 9.17) is 10.5 Å². The second-order valence-corrected chi connectivity index (χ2v) is 7.68. The summed E-state index contributed by atoms with van der Waals surface area (Å²) in [6, 6.07) is 7.96. The molecule has 12 heteroatoms. The molecule has 0 aliphatic carbocycles.